The number of hydrogen-bond acceptors (Lipinski definition) is 6. The summed E-state index contributed by atoms with van der Waals surface area (Å²) in [7, 11) is 1.18. The third-order valence-corrected chi connectivity index (χ3v) is 4.01. The highest BCUT2D eigenvalue weighted by molar-refractivity contribution is 5.97. The maximum Gasteiger partial charge on any atom is 0.338 e. The number of ketones is 1. The molecular formula is C20H21NO6. The predicted octanol–water partition coefficient (Wildman–Crippen LogP) is 3.94. The van der Waals surface area contributed by atoms with Crippen molar-refractivity contribution in [3.63, 3.8) is 0 Å². The van der Waals surface area contributed by atoms with E-state index in [1.165, 1.54) is 19.2 Å². The van der Waals surface area contributed by atoms with Crippen LogP contribution in [-0.4, -0.2) is 30.4 Å². The summed E-state index contributed by atoms with van der Waals surface area (Å²) in [4.78, 5) is 34.4. The molecule has 0 aromatic heterocycles. The second-order valence-electron chi connectivity index (χ2n) is 6.97. The molecule has 0 bridgehead atoms. The van der Waals surface area contributed by atoms with Crippen LogP contribution < -0.4 is 4.74 Å². The SMILES string of the molecule is COC(=O)c1ccc(OCC(=O)c2ccc(C(C)(C)C)cc2)c([N+](=O)[O-])c1. The lowest BCUT2D eigenvalue weighted by atomic mass is 9.86. The summed E-state index contributed by atoms with van der Waals surface area (Å²) >= 11 is 0. The molecule has 0 fully saturated rings. The first kappa shape index (κ1) is 20.1. The Morgan fingerprint density at radius 3 is 2.15 bits per heavy atom. The van der Waals surface area contributed by atoms with Gasteiger partial charge >= 0.3 is 11.7 Å². The molecule has 0 spiro atoms. The molecule has 0 aliphatic carbocycles. The smallest absolute Gasteiger partial charge is 0.338 e. The maximum absolute atomic E-state index is 12.3. The Morgan fingerprint density at radius 2 is 1.63 bits per heavy atom. The molecule has 0 radical (unpaired) electrons. The molecule has 7 heteroatoms. The fourth-order valence-corrected chi connectivity index (χ4v) is 2.41. The molecule has 0 atom stereocenters. The number of hydrogen-bond donors (Lipinski definition) is 0. The number of benzene rings is 2. The van der Waals surface area contributed by atoms with Gasteiger partial charge in [0.05, 0.1) is 17.6 Å². The van der Waals surface area contributed by atoms with Crippen molar-refractivity contribution in [3.05, 3.63) is 69.3 Å². The van der Waals surface area contributed by atoms with Crippen molar-refractivity contribution < 1.29 is 24.0 Å². The Labute approximate surface area is 157 Å². The molecule has 0 heterocycles. The van der Waals surface area contributed by atoms with Crippen molar-refractivity contribution in [1.82, 2.24) is 0 Å². The summed E-state index contributed by atoms with van der Waals surface area (Å²) in [5, 5.41) is 11.2. The van der Waals surface area contributed by atoms with E-state index in [4.69, 9.17) is 4.74 Å². The van der Waals surface area contributed by atoms with Gasteiger partial charge in [-0.25, -0.2) is 4.79 Å². The zero-order valence-corrected chi connectivity index (χ0v) is 15.6. The minimum absolute atomic E-state index is 0.0277. The lowest BCUT2D eigenvalue weighted by molar-refractivity contribution is -0.385. The number of ether oxygens (including phenoxy) is 2. The lowest BCUT2D eigenvalue weighted by Crippen LogP contribution is -2.14. The van der Waals surface area contributed by atoms with Gasteiger partial charge < -0.3 is 9.47 Å². The van der Waals surface area contributed by atoms with Crippen LogP contribution in [0, 0.1) is 10.1 Å². The van der Waals surface area contributed by atoms with E-state index in [1.54, 1.807) is 12.1 Å². The van der Waals surface area contributed by atoms with Gasteiger partial charge in [0.15, 0.2) is 18.1 Å². The minimum Gasteiger partial charge on any atom is -0.478 e. The molecule has 27 heavy (non-hydrogen) atoms. The summed E-state index contributed by atoms with van der Waals surface area (Å²) in [5.74, 6) is -1.09. The Kier molecular flexibility index (Phi) is 5.95. The zero-order valence-electron chi connectivity index (χ0n) is 15.6. The quantitative estimate of drug-likeness (QED) is 0.330. The van der Waals surface area contributed by atoms with E-state index < -0.39 is 16.6 Å². The number of Topliss-reactive ketones (excluding diaryl/α,β-unsaturated/α-hetero) is 1. The number of rotatable bonds is 6. The third-order valence-electron chi connectivity index (χ3n) is 4.01. The van der Waals surface area contributed by atoms with Crippen molar-refractivity contribution in [2.75, 3.05) is 13.7 Å². The van der Waals surface area contributed by atoms with Crippen molar-refractivity contribution in [1.29, 1.82) is 0 Å². The Hall–Kier alpha value is -3.22. The molecule has 0 unspecified atom stereocenters. The maximum atomic E-state index is 12.3. The van der Waals surface area contributed by atoms with Crippen LogP contribution >= 0.6 is 0 Å². The molecule has 0 amide bonds. The van der Waals surface area contributed by atoms with Gasteiger partial charge in [-0.3, -0.25) is 14.9 Å². The van der Waals surface area contributed by atoms with Crippen LogP contribution in [0.2, 0.25) is 0 Å². The number of carbonyl (C=O) groups is 2. The summed E-state index contributed by atoms with van der Waals surface area (Å²) in [6, 6.07) is 10.9. The average molecular weight is 371 g/mol. The van der Waals surface area contributed by atoms with Gasteiger partial charge in [-0.15, -0.1) is 0 Å². The first-order valence-corrected chi connectivity index (χ1v) is 8.27. The predicted molar refractivity (Wildman–Crippen MR) is 99.4 cm³/mol. The van der Waals surface area contributed by atoms with E-state index in [0.29, 0.717) is 5.56 Å². The molecule has 0 aliphatic heterocycles. The highest BCUT2D eigenvalue weighted by Crippen LogP contribution is 2.28. The van der Waals surface area contributed by atoms with Gasteiger partial charge in [0.25, 0.3) is 0 Å². The monoisotopic (exact) mass is 371 g/mol. The van der Waals surface area contributed by atoms with Gasteiger partial charge in [-0.1, -0.05) is 45.0 Å². The normalized spacial score (nSPS) is 11.0. The fraction of sp³-hybridized carbons (Fsp3) is 0.300. The van der Waals surface area contributed by atoms with E-state index in [-0.39, 0.29) is 29.1 Å². The molecule has 2 rings (SSSR count). The second kappa shape index (κ2) is 7.99. The summed E-state index contributed by atoms with van der Waals surface area (Å²) in [6.45, 7) is 5.87. The highest BCUT2D eigenvalue weighted by atomic mass is 16.6. The summed E-state index contributed by atoms with van der Waals surface area (Å²) in [6.07, 6.45) is 0. The molecule has 2 aromatic carbocycles. The molecule has 0 saturated heterocycles. The molecule has 7 nitrogen and oxygen atoms in total. The van der Waals surface area contributed by atoms with E-state index in [9.17, 15) is 19.7 Å². The lowest BCUT2D eigenvalue weighted by Gasteiger charge is -2.19. The third kappa shape index (κ3) is 4.91. The largest absolute Gasteiger partial charge is 0.478 e. The van der Waals surface area contributed by atoms with Crippen molar-refractivity contribution in [2.45, 2.75) is 26.2 Å². The van der Waals surface area contributed by atoms with E-state index in [1.807, 2.05) is 12.1 Å². The van der Waals surface area contributed by atoms with E-state index in [0.717, 1.165) is 11.6 Å². The number of nitrogens with zero attached hydrogens (tertiary/aromatic N) is 1. The number of esters is 1. The van der Waals surface area contributed by atoms with Crippen LogP contribution in [0.25, 0.3) is 0 Å². The topological polar surface area (TPSA) is 95.7 Å². The summed E-state index contributed by atoms with van der Waals surface area (Å²) < 4.78 is 9.88. The molecule has 0 aliphatic rings. The number of nitro groups is 1. The van der Waals surface area contributed by atoms with Crippen molar-refractivity contribution >= 4 is 17.4 Å². The Bertz CT molecular complexity index is 865. The van der Waals surface area contributed by atoms with Crippen LogP contribution in [-0.2, 0) is 10.2 Å². The highest BCUT2D eigenvalue weighted by Gasteiger charge is 2.20. The van der Waals surface area contributed by atoms with Gasteiger partial charge in [0.2, 0.25) is 0 Å². The van der Waals surface area contributed by atoms with E-state index >= 15 is 0 Å². The van der Waals surface area contributed by atoms with Gasteiger partial charge in [-0.2, -0.15) is 0 Å². The number of nitro benzene ring substituents is 1. The standard InChI is InChI=1S/C20H21NO6/c1-20(2,3)15-8-5-13(6-9-15)17(22)12-27-18-10-7-14(19(23)26-4)11-16(18)21(24)25/h5-11H,12H2,1-4H3. The molecular weight excluding hydrogens is 350 g/mol. The first-order valence-electron chi connectivity index (χ1n) is 8.27. The van der Waals surface area contributed by atoms with Gasteiger partial charge in [0.1, 0.15) is 0 Å². The fourth-order valence-electron chi connectivity index (χ4n) is 2.41. The van der Waals surface area contributed by atoms with Gasteiger partial charge in [0, 0.05) is 11.6 Å². The molecule has 0 N–H and O–H groups in total. The summed E-state index contributed by atoms with van der Waals surface area (Å²) in [5.41, 5.74) is 1.14. The van der Waals surface area contributed by atoms with Crippen LogP contribution in [0.4, 0.5) is 5.69 Å². The average Bonchev–Trinajstić information content (AvgIpc) is 2.64. The molecule has 142 valence electrons. The van der Waals surface area contributed by atoms with Crippen LogP contribution in [0.3, 0.4) is 0 Å². The first-order chi connectivity index (χ1) is 12.6. The van der Waals surface area contributed by atoms with Crippen molar-refractivity contribution in [2.24, 2.45) is 0 Å². The second-order valence-corrected chi connectivity index (χ2v) is 6.97. The minimum atomic E-state index is -0.695. The van der Waals surface area contributed by atoms with Crippen molar-refractivity contribution in [3.8, 4) is 5.75 Å². The number of carbonyl (C=O) groups excluding carboxylic acids is 2. The van der Waals surface area contributed by atoms with Gasteiger partial charge in [-0.05, 0) is 23.1 Å². The Morgan fingerprint density at radius 1 is 1.04 bits per heavy atom. The zero-order chi connectivity index (χ0) is 20.2. The van der Waals surface area contributed by atoms with Crippen LogP contribution in [0.5, 0.6) is 5.75 Å². The van der Waals surface area contributed by atoms with E-state index in [2.05, 4.69) is 25.5 Å². The van der Waals surface area contributed by atoms with Crippen LogP contribution in [0.1, 0.15) is 47.1 Å². The number of methoxy groups -OCH3 is 1. The van der Waals surface area contributed by atoms with Crippen LogP contribution in [0.15, 0.2) is 42.5 Å². The Balaban J connectivity index is 2.14. The molecule has 2 aromatic rings. The molecule has 0 saturated carbocycles.